The summed E-state index contributed by atoms with van der Waals surface area (Å²) in [5, 5.41) is 3.15. The second-order valence-corrected chi connectivity index (χ2v) is 10.7. The maximum atomic E-state index is 13.2. The summed E-state index contributed by atoms with van der Waals surface area (Å²) in [6.07, 6.45) is 7.25. The molecule has 1 N–H and O–H groups in total. The zero-order valence-electron chi connectivity index (χ0n) is 18.5. The van der Waals surface area contributed by atoms with E-state index in [0.717, 1.165) is 43.2 Å². The van der Waals surface area contributed by atoms with E-state index < -0.39 is 10.0 Å². The molecule has 1 saturated heterocycles. The molecule has 2 aromatic rings. The number of benzene rings is 2. The first-order valence-corrected chi connectivity index (χ1v) is 12.9. The van der Waals surface area contributed by atoms with Gasteiger partial charge in [0.2, 0.25) is 10.0 Å². The topological polar surface area (TPSA) is 66.5 Å². The molecule has 0 radical (unpaired) electrons. The van der Waals surface area contributed by atoms with E-state index in [1.54, 1.807) is 12.1 Å². The largest absolute Gasteiger partial charge is 0.345 e. The molecule has 166 valence electrons. The SMILES string of the molecule is CCC(NC(=O)c1cc(S(=O)(=O)N2CCCC2)ccc1C)c1ccc2c(c1)CCCC2. The Kier molecular flexibility index (Phi) is 6.49. The highest BCUT2D eigenvalue weighted by Crippen LogP contribution is 2.27. The van der Waals surface area contributed by atoms with Crippen LogP contribution < -0.4 is 5.32 Å². The van der Waals surface area contributed by atoms with Crippen LogP contribution in [0.15, 0.2) is 41.3 Å². The number of hydrogen-bond donors (Lipinski definition) is 1. The first kappa shape index (κ1) is 22.0. The van der Waals surface area contributed by atoms with Crippen LogP contribution in [0.5, 0.6) is 0 Å². The number of sulfonamides is 1. The van der Waals surface area contributed by atoms with Crippen LogP contribution in [0.3, 0.4) is 0 Å². The summed E-state index contributed by atoms with van der Waals surface area (Å²) in [5.74, 6) is -0.222. The van der Waals surface area contributed by atoms with Crippen molar-refractivity contribution in [1.82, 2.24) is 9.62 Å². The Hall–Kier alpha value is -2.18. The van der Waals surface area contributed by atoms with Gasteiger partial charge in [-0.05, 0) is 86.3 Å². The van der Waals surface area contributed by atoms with Crippen LogP contribution in [0, 0.1) is 6.92 Å². The summed E-state index contributed by atoms with van der Waals surface area (Å²) in [7, 11) is -3.55. The van der Waals surface area contributed by atoms with E-state index in [9.17, 15) is 13.2 Å². The molecule has 1 aliphatic heterocycles. The van der Waals surface area contributed by atoms with E-state index in [1.807, 2.05) is 6.92 Å². The van der Waals surface area contributed by atoms with Gasteiger partial charge in [-0.3, -0.25) is 4.79 Å². The second-order valence-electron chi connectivity index (χ2n) is 8.76. The van der Waals surface area contributed by atoms with E-state index in [0.29, 0.717) is 18.7 Å². The van der Waals surface area contributed by atoms with E-state index >= 15 is 0 Å². The van der Waals surface area contributed by atoms with Crippen molar-refractivity contribution in [3.63, 3.8) is 0 Å². The molecule has 2 aromatic carbocycles. The molecule has 5 nitrogen and oxygen atoms in total. The number of carbonyl (C=O) groups is 1. The van der Waals surface area contributed by atoms with Gasteiger partial charge in [-0.25, -0.2) is 8.42 Å². The molecule has 1 atom stereocenters. The second kappa shape index (κ2) is 9.13. The van der Waals surface area contributed by atoms with Gasteiger partial charge in [-0.15, -0.1) is 0 Å². The number of fused-ring (bicyclic) bond motifs is 1. The molecule has 4 rings (SSSR count). The fourth-order valence-corrected chi connectivity index (χ4v) is 6.25. The van der Waals surface area contributed by atoms with Gasteiger partial charge < -0.3 is 5.32 Å². The summed E-state index contributed by atoms with van der Waals surface area (Å²) in [4.78, 5) is 13.4. The molecule has 2 aliphatic rings. The Morgan fingerprint density at radius 3 is 2.42 bits per heavy atom. The van der Waals surface area contributed by atoms with Crippen LogP contribution in [-0.2, 0) is 22.9 Å². The third kappa shape index (κ3) is 4.55. The zero-order chi connectivity index (χ0) is 22.0. The zero-order valence-corrected chi connectivity index (χ0v) is 19.3. The van der Waals surface area contributed by atoms with Crippen LogP contribution >= 0.6 is 0 Å². The highest BCUT2D eigenvalue weighted by Gasteiger charge is 2.28. The van der Waals surface area contributed by atoms with Crippen molar-refractivity contribution in [3.8, 4) is 0 Å². The van der Waals surface area contributed by atoms with Gasteiger partial charge in [0.1, 0.15) is 0 Å². The lowest BCUT2D eigenvalue weighted by Crippen LogP contribution is -2.30. The van der Waals surface area contributed by atoms with Gasteiger partial charge in [0.15, 0.2) is 0 Å². The van der Waals surface area contributed by atoms with Crippen molar-refractivity contribution in [1.29, 1.82) is 0 Å². The predicted molar refractivity (Wildman–Crippen MR) is 123 cm³/mol. The minimum Gasteiger partial charge on any atom is -0.345 e. The first-order chi connectivity index (χ1) is 14.9. The molecule has 0 saturated carbocycles. The molecular weight excluding hydrogens is 408 g/mol. The number of hydrogen-bond acceptors (Lipinski definition) is 3. The van der Waals surface area contributed by atoms with Crippen LogP contribution in [0.4, 0.5) is 0 Å². The van der Waals surface area contributed by atoms with Crippen LogP contribution in [0.25, 0.3) is 0 Å². The Morgan fingerprint density at radius 2 is 1.71 bits per heavy atom. The van der Waals surface area contributed by atoms with Crippen LogP contribution in [0.2, 0.25) is 0 Å². The van der Waals surface area contributed by atoms with Crippen LogP contribution in [0.1, 0.15) is 77.7 Å². The highest BCUT2D eigenvalue weighted by molar-refractivity contribution is 7.89. The smallest absolute Gasteiger partial charge is 0.252 e. The van der Waals surface area contributed by atoms with Crippen molar-refractivity contribution in [2.45, 2.75) is 69.7 Å². The predicted octanol–water partition coefficient (Wildman–Crippen LogP) is 4.54. The monoisotopic (exact) mass is 440 g/mol. The molecule has 0 aromatic heterocycles. The number of amides is 1. The van der Waals surface area contributed by atoms with Crippen molar-refractivity contribution in [2.75, 3.05) is 13.1 Å². The summed E-state index contributed by atoms with van der Waals surface area (Å²) in [6, 6.07) is 11.4. The Bertz CT molecular complexity index is 1070. The van der Waals surface area contributed by atoms with Crippen molar-refractivity contribution < 1.29 is 13.2 Å². The van der Waals surface area contributed by atoms with Crippen LogP contribution in [-0.4, -0.2) is 31.7 Å². The average molecular weight is 441 g/mol. The summed E-state index contributed by atoms with van der Waals surface area (Å²) in [5.41, 5.74) is 5.14. The average Bonchev–Trinajstić information content (AvgIpc) is 3.33. The lowest BCUT2D eigenvalue weighted by molar-refractivity contribution is 0.0934. The number of nitrogens with zero attached hydrogens (tertiary/aromatic N) is 1. The standard InChI is InChI=1S/C25H32N2O3S/c1-3-24(21-12-11-19-8-4-5-9-20(19)16-21)26-25(28)23-17-22(13-10-18(23)2)31(29,30)27-14-6-7-15-27/h10-13,16-17,24H,3-9,14-15H2,1-2H3,(H,26,28). The first-order valence-electron chi connectivity index (χ1n) is 11.4. The summed E-state index contributed by atoms with van der Waals surface area (Å²) >= 11 is 0. The fourth-order valence-electron chi connectivity index (χ4n) is 4.71. The minimum absolute atomic E-state index is 0.0991. The molecular formula is C25H32N2O3S. The fraction of sp³-hybridized carbons (Fsp3) is 0.480. The molecule has 0 spiro atoms. The van der Waals surface area contributed by atoms with E-state index in [4.69, 9.17) is 0 Å². The van der Waals surface area contributed by atoms with Gasteiger partial charge in [-0.2, -0.15) is 4.31 Å². The molecule has 6 heteroatoms. The van der Waals surface area contributed by atoms with E-state index in [2.05, 4.69) is 30.4 Å². The number of aryl methyl sites for hydroxylation is 3. The lowest BCUT2D eigenvalue weighted by Gasteiger charge is -2.22. The quantitative estimate of drug-likeness (QED) is 0.717. The molecule has 1 heterocycles. The molecule has 1 fully saturated rings. The van der Waals surface area contributed by atoms with Crippen molar-refractivity contribution in [3.05, 3.63) is 64.2 Å². The van der Waals surface area contributed by atoms with E-state index in [-0.39, 0.29) is 16.8 Å². The van der Waals surface area contributed by atoms with Gasteiger partial charge in [0.25, 0.3) is 5.91 Å². The Labute approximate surface area is 185 Å². The van der Waals surface area contributed by atoms with Crippen molar-refractivity contribution >= 4 is 15.9 Å². The van der Waals surface area contributed by atoms with Gasteiger partial charge in [0, 0.05) is 18.7 Å². The molecule has 1 aliphatic carbocycles. The minimum atomic E-state index is -3.55. The van der Waals surface area contributed by atoms with Crippen molar-refractivity contribution in [2.24, 2.45) is 0 Å². The molecule has 0 bridgehead atoms. The summed E-state index contributed by atoms with van der Waals surface area (Å²) < 4.78 is 27.4. The Morgan fingerprint density at radius 1 is 1.00 bits per heavy atom. The molecule has 31 heavy (non-hydrogen) atoms. The summed E-state index contributed by atoms with van der Waals surface area (Å²) in [6.45, 7) is 5.01. The number of carbonyl (C=O) groups excluding carboxylic acids is 1. The number of rotatable bonds is 6. The Balaban J connectivity index is 1.57. The molecule has 1 amide bonds. The lowest BCUT2D eigenvalue weighted by atomic mass is 9.88. The van der Waals surface area contributed by atoms with E-state index in [1.165, 1.54) is 34.3 Å². The molecule has 1 unspecified atom stereocenters. The van der Waals surface area contributed by atoms with Gasteiger partial charge in [0.05, 0.1) is 10.9 Å². The van der Waals surface area contributed by atoms with Gasteiger partial charge >= 0.3 is 0 Å². The normalized spacial score (nSPS) is 17.9. The van der Waals surface area contributed by atoms with Gasteiger partial charge in [-0.1, -0.05) is 31.2 Å². The highest BCUT2D eigenvalue weighted by atomic mass is 32.2. The maximum absolute atomic E-state index is 13.2. The number of nitrogens with one attached hydrogen (secondary N) is 1. The maximum Gasteiger partial charge on any atom is 0.252 e. The third-order valence-corrected chi connectivity index (χ3v) is 8.54. The third-order valence-electron chi connectivity index (χ3n) is 6.64.